The van der Waals surface area contributed by atoms with Crippen molar-refractivity contribution in [2.75, 3.05) is 9.80 Å². The van der Waals surface area contributed by atoms with Crippen molar-refractivity contribution in [2.45, 2.75) is 39.3 Å². The number of rotatable bonds is 8. The number of benzene rings is 9. The van der Waals surface area contributed by atoms with Gasteiger partial charge in [0, 0.05) is 34.1 Å². The first-order valence-corrected chi connectivity index (χ1v) is 30.1. The smallest absolute Gasteiger partial charge is 0.252 e. The van der Waals surface area contributed by atoms with E-state index in [1.165, 1.54) is 105 Å². The summed E-state index contributed by atoms with van der Waals surface area (Å²) < 4.78 is 0. The van der Waals surface area contributed by atoms with Gasteiger partial charge < -0.3 is 9.80 Å². The summed E-state index contributed by atoms with van der Waals surface area (Å²) in [7, 11) is -3.65. The molecule has 0 unspecified atom stereocenters. The number of fused-ring (bicyclic) bond motifs is 4. The molecule has 0 saturated heterocycles. The van der Waals surface area contributed by atoms with E-state index in [9.17, 15) is 0 Å². The fourth-order valence-corrected chi connectivity index (χ4v) is 13.7. The Morgan fingerprint density at radius 2 is 0.631 bits per heavy atom. The molecule has 2 nitrogen and oxygen atoms in total. The van der Waals surface area contributed by atoms with Gasteiger partial charge in [0.2, 0.25) is 0 Å². The highest BCUT2D eigenvalue weighted by Crippen LogP contribution is 2.46. The first kappa shape index (κ1) is 40.8. The molecule has 9 aromatic rings. The summed E-state index contributed by atoms with van der Waals surface area (Å²) in [4.78, 5) is 5.26. The molecule has 2 aliphatic heterocycles. The highest BCUT2D eigenvalue weighted by molar-refractivity contribution is 7.00. The third-order valence-corrected chi connectivity index (χ3v) is 17.6. The van der Waals surface area contributed by atoms with E-state index in [2.05, 4.69) is 261 Å². The molecule has 314 valence electrons. The summed E-state index contributed by atoms with van der Waals surface area (Å²) in [5.74, 6) is 0. The molecule has 0 saturated carbocycles. The summed E-state index contributed by atoms with van der Waals surface area (Å²) >= 11 is 0. The van der Waals surface area contributed by atoms with Gasteiger partial charge in [0.15, 0.2) is 0 Å². The first-order chi connectivity index (χ1) is 31.6. The monoisotopic (exact) mass is 868 g/mol. The number of hydrogen-bond acceptors (Lipinski definition) is 2. The van der Waals surface area contributed by atoms with E-state index in [4.69, 9.17) is 0 Å². The lowest BCUT2D eigenvalue weighted by molar-refractivity contribution is 1.26. The molecule has 2 aliphatic rings. The Hall–Kier alpha value is -6.92. The molecule has 5 heteroatoms. The normalized spacial score (nSPS) is 13.0. The van der Waals surface area contributed by atoms with Crippen LogP contribution in [0, 0.1) is 0 Å². The summed E-state index contributed by atoms with van der Waals surface area (Å²) in [6, 6.07) is 79.6. The van der Waals surface area contributed by atoms with Crippen molar-refractivity contribution in [2.24, 2.45) is 0 Å². The van der Waals surface area contributed by atoms with E-state index in [1.807, 2.05) is 0 Å². The van der Waals surface area contributed by atoms with E-state index in [-0.39, 0.29) is 6.71 Å². The van der Waals surface area contributed by atoms with Gasteiger partial charge in [-0.2, -0.15) is 0 Å². The van der Waals surface area contributed by atoms with Crippen LogP contribution < -0.4 is 36.6 Å². The minimum absolute atomic E-state index is 0.00798. The highest BCUT2D eigenvalue weighted by Gasteiger charge is 2.44. The average molecular weight is 869 g/mol. The van der Waals surface area contributed by atoms with Crippen molar-refractivity contribution in [3.05, 3.63) is 212 Å². The fraction of sp³-hybridized carbons (Fsp3) is 0.100. The summed E-state index contributed by atoms with van der Waals surface area (Å²) in [6.45, 7) is 14.9. The highest BCUT2D eigenvalue weighted by atomic mass is 28.3. The van der Waals surface area contributed by atoms with E-state index in [1.54, 1.807) is 0 Å². The Morgan fingerprint density at radius 3 is 1.03 bits per heavy atom. The van der Waals surface area contributed by atoms with Crippen LogP contribution in [-0.2, 0) is 0 Å². The van der Waals surface area contributed by atoms with Crippen molar-refractivity contribution < 1.29 is 0 Å². The molecule has 11 rings (SSSR count). The topological polar surface area (TPSA) is 6.48 Å². The Kier molecular flexibility index (Phi) is 10.0. The molecule has 0 N–H and O–H groups in total. The minimum atomic E-state index is -1.83. The number of para-hydroxylation sites is 2. The van der Waals surface area contributed by atoms with Crippen molar-refractivity contribution in [1.82, 2.24) is 0 Å². The third-order valence-electron chi connectivity index (χ3n) is 13.5. The molecule has 0 radical (unpaired) electrons. The maximum atomic E-state index is 2.63. The maximum Gasteiger partial charge on any atom is 0.252 e. The van der Waals surface area contributed by atoms with Gasteiger partial charge in [-0.05, 0) is 108 Å². The Balaban J connectivity index is 1.21. The van der Waals surface area contributed by atoms with Crippen LogP contribution in [-0.4, -0.2) is 22.9 Å². The number of hydrogen-bond donors (Lipinski definition) is 0. The molecule has 0 amide bonds. The third kappa shape index (κ3) is 7.02. The Morgan fingerprint density at radius 1 is 0.292 bits per heavy atom. The number of anilines is 6. The first-order valence-electron chi connectivity index (χ1n) is 23.1. The van der Waals surface area contributed by atoms with Crippen molar-refractivity contribution in [1.29, 1.82) is 0 Å². The molecule has 0 bridgehead atoms. The predicted octanol–water partition coefficient (Wildman–Crippen LogP) is 13.5. The lowest BCUT2D eigenvalue weighted by Gasteiger charge is -2.45. The standard InChI is InChI=1S/C60H53BN2Si2/c1-64(2,3)58-34-19-17-30-52(58)62-54-32-21-33-55-60(54)61(50-38-36-44(40-56(50)62)48-28-15-13-26-46(48)42-22-9-7-10-23-42)51-39-37-45(49-29-16-14-27-47(49)43-24-11-8-12-25-43)41-57(51)63(55)53-31-18-20-35-59(53)65(4,5)6/h7-41H,1-6H3. The average Bonchev–Trinajstić information content (AvgIpc) is 3.33. The lowest BCUT2D eigenvalue weighted by Crippen LogP contribution is -2.62. The van der Waals surface area contributed by atoms with E-state index >= 15 is 0 Å². The fourth-order valence-electron chi connectivity index (χ4n) is 10.6. The van der Waals surface area contributed by atoms with Crippen LogP contribution in [0.4, 0.5) is 34.1 Å². The molecule has 9 aromatic carbocycles. The second-order valence-corrected chi connectivity index (χ2v) is 29.8. The minimum Gasteiger partial charge on any atom is -0.312 e. The Bertz CT molecular complexity index is 3040. The molecule has 0 atom stereocenters. The van der Waals surface area contributed by atoms with Gasteiger partial charge in [-0.15, -0.1) is 0 Å². The van der Waals surface area contributed by atoms with Crippen molar-refractivity contribution in [3.8, 4) is 44.5 Å². The van der Waals surface area contributed by atoms with Gasteiger partial charge in [0.05, 0.1) is 16.1 Å². The second kappa shape index (κ2) is 16.0. The lowest BCUT2D eigenvalue weighted by atomic mass is 9.33. The van der Waals surface area contributed by atoms with Crippen molar-refractivity contribution in [3.63, 3.8) is 0 Å². The van der Waals surface area contributed by atoms with Crippen LogP contribution >= 0.6 is 0 Å². The van der Waals surface area contributed by atoms with E-state index in [0.29, 0.717) is 0 Å². The van der Waals surface area contributed by atoms with Gasteiger partial charge >= 0.3 is 0 Å². The zero-order chi connectivity index (χ0) is 44.5. The molecule has 0 aromatic heterocycles. The van der Waals surface area contributed by atoms with Crippen LogP contribution in [0.25, 0.3) is 44.5 Å². The van der Waals surface area contributed by atoms with Crippen LogP contribution in [0.2, 0.25) is 39.3 Å². The molecule has 0 fully saturated rings. The largest absolute Gasteiger partial charge is 0.312 e. The van der Waals surface area contributed by atoms with Crippen LogP contribution in [0.1, 0.15) is 0 Å². The number of nitrogens with zero attached hydrogens (tertiary/aromatic N) is 2. The van der Waals surface area contributed by atoms with E-state index < -0.39 is 16.1 Å². The summed E-state index contributed by atoms with van der Waals surface area (Å²) in [5.41, 5.74) is 21.4. The summed E-state index contributed by atoms with van der Waals surface area (Å²) in [6.07, 6.45) is 0. The van der Waals surface area contributed by atoms with E-state index in [0.717, 1.165) is 0 Å². The quantitative estimate of drug-likeness (QED) is 0.140. The van der Waals surface area contributed by atoms with Crippen LogP contribution in [0.3, 0.4) is 0 Å². The summed E-state index contributed by atoms with van der Waals surface area (Å²) in [5, 5.41) is 2.91. The molecular formula is C60H53BN2Si2. The molecular weight excluding hydrogens is 816 g/mol. The molecule has 0 aliphatic carbocycles. The van der Waals surface area contributed by atoms with Gasteiger partial charge in [-0.25, -0.2) is 0 Å². The van der Waals surface area contributed by atoms with Crippen LogP contribution in [0.15, 0.2) is 212 Å². The zero-order valence-electron chi connectivity index (χ0n) is 38.2. The van der Waals surface area contributed by atoms with Crippen LogP contribution in [0.5, 0.6) is 0 Å². The zero-order valence-corrected chi connectivity index (χ0v) is 40.2. The van der Waals surface area contributed by atoms with Crippen molar-refractivity contribution >= 4 is 83.7 Å². The molecule has 0 spiro atoms. The second-order valence-electron chi connectivity index (χ2n) is 19.7. The maximum absolute atomic E-state index is 2.63. The Labute approximate surface area is 387 Å². The van der Waals surface area contributed by atoms with Gasteiger partial charge in [-0.1, -0.05) is 215 Å². The molecule has 65 heavy (non-hydrogen) atoms. The van der Waals surface area contributed by atoms with Gasteiger partial charge in [0.25, 0.3) is 6.71 Å². The van der Waals surface area contributed by atoms with Gasteiger partial charge in [-0.3, -0.25) is 0 Å². The van der Waals surface area contributed by atoms with Gasteiger partial charge in [0.1, 0.15) is 0 Å². The SMILES string of the molecule is C[Si](C)(C)c1ccccc1N1c2cc(-c3ccccc3-c3ccccc3)ccc2B2c3ccc(-c4ccccc4-c4ccccc4)cc3N(c3ccccc3[Si](C)(C)C)c3cccc1c32. The predicted molar refractivity (Wildman–Crippen MR) is 288 cm³/mol. The molecule has 2 heterocycles.